The van der Waals surface area contributed by atoms with Crippen molar-refractivity contribution in [1.82, 2.24) is 0 Å². The van der Waals surface area contributed by atoms with Crippen molar-refractivity contribution in [2.24, 2.45) is 0 Å². The molecule has 9 heteroatoms. The minimum Gasteiger partial charge on any atom is -0.465 e. The van der Waals surface area contributed by atoms with Crippen LogP contribution in [-0.2, 0) is 38.1 Å². The molecule has 136 valence electrons. The monoisotopic (exact) mass is 362 g/mol. The maximum atomic E-state index is 11.5. The van der Waals surface area contributed by atoms with Crippen LogP contribution in [0.25, 0.3) is 0 Å². The molecule has 0 amide bonds. The molecule has 0 aromatic rings. The number of ether oxygens (including phenoxy) is 4. The average Bonchev–Trinajstić information content (AvgIpc) is 2.42. The number of esters is 4. The quantitative estimate of drug-likeness (QED) is 0.520. The molecule has 0 aromatic heterocycles. The number of rotatable bonds is 5. The minimum atomic E-state index is -0.980. The van der Waals surface area contributed by atoms with Crippen molar-refractivity contribution >= 4 is 35.6 Å². The van der Waals surface area contributed by atoms with Gasteiger partial charge in [0.25, 0.3) is 0 Å². The van der Waals surface area contributed by atoms with Gasteiger partial charge in [-0.15, -0.1) is 11.8 Å². The van der Waals surface area contributed by atoms with E-state index in [1.54, 1.807) is 6.92 Å². The van der Waals surface area contributed by atoms with Crippen LogP contribution in [-0.4, -0.2) is 59.3 Å². The third-order valence-corrected chi connectivity index (χ3v) is 4.67. The van der Waals surface area contributed by atoms with Gasteiger partial charge in [0, 0.05) is 32.9 Å². The molecule has 1 rings (SSSR count). The molecule has 0 saturated carbocycles. The Bertz CT molecular complexity index is 506. The largest absolute Gasteiger partial charge is 0.465 e. The first-order valence-corrected chi connectivity index (χ1v) is 8.36. The molecular formula is C15H22O8S. The van der Waals surface area contributed by atoms with Crippen molar-refractivity contribution in [3.8, 4) is 0 Å². The van der Waals surface area contributed by atoms with Gasteiger partial charge in [0.2, 0.25) is 0 Å². The summed E-state index contributed by atoms with van der Waals surface area (Å²) in [5.41, 5.74) is 0. The Labute approximate surface area is 144 Å². The molecule has 24 heavy (non-hydrogen) atoms. The van der Waals surface area contributed by atoms with Crippen molar-refractivity contribution in [2.45, 2.75) is 63.4 Å². The summed E-state index contributed by atoms with van der Waals surface area (Å²) in [5.74, 6) is -2.19. The summed E-state index contributed by atoms with van der Waals surface area (Å²) in [5, 5.41) is -0.713. The number of hydrogen-bond acceptors (Lipinski definition) is 9. The van der Waals surface area contributed by atoms with Gasteiger partial charge in [-0.05, 0) is 6.92 Å². The van der Waals surface area contributed by atoms with Gasteiger partial charge in [-0.25, -0.2) is 0 Å². The Balaban J connectivity index is 3.11. The third kappa shape index (κ3) is 6.03. The van der Waals surface area contributed by atoms with Crippen LogP contribution in [0.1, 0.15) is 34.6 Å². The van der Waals surface area contributed by atoms with Gasteiger partial charge in [-0.1, -0.05) is 0 Å². The summed E-state index contributed by atoms with van der Waals surface area (Å²) >= 11 is 1.34. The first-order valence-electron chi connectivity index (χ1n) is 7.42. The SMILES string of the molecule is CC(=O)OC[C@H]1S[C@@H](C)[C@H](OC(C)=O)[C@@H](OC(C)=O)[C@@H]1OC(C)=O. The molecule has 0 radical (unpaired) electrons. The zero-order chi connectivity index (χ0) is 18.4. The molecule has 5 atom stereocenters. The molecule has 1 aliphatic heterocycles. The summed E-state index contributed by atoms with van der Waals surface area (Å²) in [4.78, 5) is 45.3. The van der Waals surface area contributed by atoms with Crippen molar-refractivity contribution in [2.75, 3.05) is 6.61 Å². The zero-order valence-corrected chi connectivity index (χ0v) is 15.1. The normalized spacial score (nSPS) is 29.3. The molecule has 1 saturated heterocycles. The molecule has 1 aliphatic rings. The minimum absolute atomic E-state index is 0.0210. The highest BCUT2D eigenvalue weighted by atomic mass is 32.2. The molecule has 1 fully saturated rings. The maximum Gasteiger partial charge on any atom is 0.303 e. The Kier molecular flexibility index (Phi) is 7.53. The predicted molar refractivity (Wildman–Crippen MR) is 84.1 cm³/mol. The first-order chi connectivity index (χ1) is 11.1. The second kappa shape index (κ2) is 8.91. The van der Waals surface area contributed by atoms with Crippen molar-refractivity contribution in [1.29, 1.82) is 0 Å². The lowest BCUT2D eigenvalue weighted by Gasteiger charge is -2.43. The van der Waals surface area contributed by atoms with Gasteiger partial charge in [-0.2, -0.15) is 0 Å². The number of hydrogen-bond donors (Lipinski definition) is 0. The van der Waals surface area contributed by atoms with Gasteiger partial charge in [0.05, 0.1) is 5.25 Å². The van der Waals surface area contributed by atoms with E-state index in [1.165, 1.54) is 39.5 Å². The summed E-state index contributed by atoms with van der Waals surface area (Å²) in [6, 6.07) is 0. The van der Waals surface area contributed by atoms with E-state index in [0.717, 1.165) is 0 Å². The summed E-state index contributed by atoms with van der Waals surface area (Å²) in [6.07, 6.45) is -2.67. The predicted octanol–water partition coefficient (Wildman–Crippen LogP) is 0.848. The van der Waals surface area contributed by atoms with Crippen LogP contribution in [0.3, 0.4) is 0 Å². The molecule has 0 spiro atoms. The van der Waals surface area contributed by atoms with E-state index in [0.29, 0.717) is 0 Å². The number of carbonyl (C=O) groups excluding carboxylic acids is 4. The lowest BCUT2D eigenvalue weighted by atomic mass is 10.0. The van der Waals surface area contributed by atoms with E-state index in [4.69, 9.17) is 18.9 Å². The van der Waals surface area contributed by atoms with E-state index < -0.39 is 47.4 Å². The molecule has 0 N–H and O–H groups in total. The molecule has 8 nitrogen and oxygen atoms in total. The fraction of sp³-hybridized carbons (Fsp3) is 0.733. The van der Waals surface area contributed by atoms with Crippen LogP contribution in [0.15, 0.2) is 0 Å². The van der Waals surface area contributed by atoms with Gasteiger partial charge in [0.15, 0.2) is 18.3 Å². The lowest BCUT2D eigenvalue weighted by Crippen LogP contribution is -2.58. The van der Waals surface area contributed by atoms with Gasteiger partial charge < -0.3 is 18.9 Å². The van der Waals surface area contributed by atoms with E-state index in [2.05, 4.69) is 0 Å². The highest BCUT2D eigenvalue weighted by molar-refractivity contribution is 8.00. The zero-order valence-electron chi connectivity index (χ0n) is 14.3. The Morgan fingerprint density at radius 3 is 1.67 bits per heavy atom. The van der Waals surface area contributed by atoms with Crippen molar-refractivity contribution < 1.29 is 38.1 Å². The second-order valence-electron chi connectivity index (χ2n) is 5.40. The summed E-state index contributed by atoms with van der Waals surface area (Å²) < 4.78 is 20.8. The molecular weight excluding hydrogens is 340 g/mol. The average molecular weight is 362 g/mol. The molecule has 1 heterocycles. The van der Waals surface area contributed by atoms with E-state index in [1.807, 2.05) is 0 Å². The highest BCUT2D eigenvalue weighted by Crippen LogP contribution is 2.37. The van der Waals surface area contributed by atoms with Crippen LogP contribution in [0.2, 0.25) is 0 Å². The topological polar surface area (TPSA) is 105 Å². The van der Waals surface area contributed by atoms with Crippen LogP contribution in [0, 0.1) is 0 Å². The van der Waals surface area contributed by atoms with Crippen LogP contribution >= 0.6 is 11.8 Å². The lowest BCUT2D eigenvalue weighted by molar-refractivity contribution is -0.185. The Morgan fingerprint density at radius 1 is 0.750 bits per heavy atom. The van der Waals surface area contributed by atoms with E-state index in [9.17, 15) is 19.2 Å². The van der Waals surface area contributed by atoms with Gasteiger partial charge in [-0.3, -0.25) is 19.2 Å². The Morgan fingerprint density at radius 2 is 1.21 bits per heavy atom. The Hall–Kier alpha value is -1.77. The second-order valence-corrected chi connectivity index (χ2v) is 7.03. The number of thioether (sulfide) groups is 1. The third-order valence-electron chi connectivity index (χ3n) is 3.22. The van der Waals surface area contributed by atoms with Crippen LogP contribution in [0.5, 0.6) is 0 Å². The standard InChI is InChI=1S/C15H22O8S/c1-7-13(21-9(3)17)15(23-11(5)19)14(22-10(4)18)12(24-7)6-20-8(2)16/h7,12-15H,6H2,1-5H3/t7-,12+,13-,14+,15+/m0/s1. The van der Waals surface area contributed by atoms with Crippen molar-refractivity contribution in [3.63, 3.8) is 0 Å². The highest BCUT2D eigenvalue weighted by Gasteiger charge is 2.50. The molecule has 0 bridgehead atoms. The molecule has 0 aliphatic carbocycles. The first kappa shape index (κ1) is 20.3. The number of carbonyl (C=O) groups is 4. The van der Waals surface area contributed by atoms with Crippen LogP contribution in [0.4, 0.5) is 0 Å². The maximum absolute atomic E-state index is 11.5. The molecule has 0 aromatic carbocycles. The van der Waals surface area contributed by atoms with Gasteiger partial charge >= 0.3 is 23.9 Å². The van der Waals surface area contributed by atoms with E-state index in [-0.39, 0.29) is 11.9 Å². The van der Waals surface area contributed by atoms with E-state index >= 15 is 0 Å². The van der Waals surface area contributed by atoms with Gasteiger partial charge in [0.1, 0.15) is 6.61 Å². The molecule has 0 unspecified atom stereocenters. The summed E-state index contributed by atoms with van der Waals surface area (Å²) in [7, 11) is 0. The van der Waals surface area contributed by atoms with Crippen molar-refractivity contribution in [3.05, 3.63) is 0 Å². The fourth-order valence-corrected chi connectivity index (χ4v) is 3.87. The fourth-order valence-electron chi connectivity index (χ4n) is 2.44. The smallest absolute Gasteiger partial charge is 0.303 e. The summed E-state index contributed by atoms with van der Waals surface area (Å²) in [6.45, 7) is 6.71. The van der Waals surface area contributed by atoms with Crippen LogP contribution < -0.4 is 0 Å².